The van der Waals surface area contributed by atoms with E-state index in [1.165, 1.54) is 83.5 Å². The topological polar surface area (TPSA) is 52.0 Å². The standard InChI is InChI=1S/C25H50N2/c1-5-7-18(3)13-22-16-20(9-11-24(22)26)15-21-10-12-25(27)23(17-21)14-19(4)8-6-2/h18-25H,5-17,26-27H2,1-4H3. The lowest BCUT2D eigenvalue weighted by molar-refractivity contribution is 0.137. The molecule has 160 valence electrons. The summed E-state index contributed by atoms with van der Waals surface area (Å²) in [5.74, 6) is 5.10. The summed E-state index contributed by atoms with van der Waals surface area (Å²) in [5.41, 5.74) is 13.1. The van der Waals surface area contributed by atoms with Gasteiger partial charge in [-0.3, -0.25) is 0 Å². The van der Waals surface area contributed by atoms with E-state index in [9.17, 15) is 0 Å². The molecule has 2 nitrogen and oxygen atoms in total. The summed E-state index contributed by atoms with van der Waals surface area (Å²) in [6, 6.07) is 0.922. The van der Waals surface area contributed by atoms with Crippen LogP contribution in [0.3, 0.4) is 0 Å². The van der Waals surface area contributed by atoms with Gasteiger partial charge >= 0.3 is 0 Å². The van der Waals surface area contributed by atoms with Gasteiger partial charge in [0.1, 0.15) is 0 Å². The highest BCUT2D eigenvalue weighted by atomic mass is 14.7. The number of hydrogen-bond donors (Lipinski definition) is 2. The normalized spacial score (nSPS) is 37.1. The maximum atomic E-state index is 6.53. The van der Waals surface area contributed by atoms with E-state index in [1.54, 1.807) is 0 Å². The van der Waals surface area contributed by atoms with Gasteiger partial charge < -0.3 is 11.5 Å². The van der Waals surface area contributed by atoms with Crippen molar-refractivity contribution in [2.45, 2.75) is 123 Å². The van der Waals surface area contributed by atoms with Crippen LogP contribution in [0.1, 0.15) is 111 Å². The van der Waals surface area contributed by atoms with Gasteiger partial charge in [0.05, 0.1) is 0 Å². The molecule has 0 aromatic rings. The second-order valence-corrected chi connectivity index (χ2v) is 10.7. The molecular formula is C25H50N2. The summed E-state index contributed by atoms with van der Waals surface area (Å²) >= 11 is 0. The lowest BCUT2D eigenvalue weighted by atomic mass is 9.68. The van der Waals surface area contributed by atoms with Crippen LogP contribution in [0.5, 0.6) is 0 Å². The molecular weight excluding hydrogens is 328 g/mol. The fourth-order valence-electron chi connectivity index (χ4n) is 6.47. The molecule has 0 amide bonds. The Labute approximate surface area is 170 Å². The van der Waals surface area contributed by atoms with E-state index in [1.807, 2.05) is 0 Å². The SMILES string of the molecule is CCCC(C)CC1CC(CC2CCC(N)C(CC(C)CCC)C2)CCC1N. The van der Waals surface area contributed by atoms with Crippen molar-refractivity contribution in [1.82, 2.24) is 0 Å². The highest BCUT2D eigenvalue weighted by molar-refractivity contribution is 4.88. The van der Waals surface area contributed by atoms with Crippen molar-refractivity contribution in [3.8, 4) is 0 Å². The molecule has 0 saturated heterocycles. The third kappa shape index (κ3) is 7.69. The second-order valence-electron chi connectivity index (χ2n) is 10.7. The molecule has 4 N–H and O–H groups in total. The Kier molecular flexibility index (Phi) is 10.1. The lowest BCUT2D eigenvalue weighted by Crippen LogP contribution is -2.39. The van der Waals surface area contributed by atoms with Crippen molar-refractivity contribution in [2.75, 3.05) is 0 Å². The zero-order chi connectivity index (χ0) is 19.8. The van der Waals surface area contributed by atoms with E-state index in [2.05, 4.69) is 27.7 Å². The Morgan fingerprint density at radius 2 is 1.11 bits per heavy atom. The molecule has 0 bridgehead atoms. The van der Waals surface area contributed by atoms with Gasteiger partial charge in [-0.05, 0) is 93.3 Å². The van der Waals surface area contributed by atoms with Crippen molar-refractivity contribution < 1.29 is 0 Å². The number of rotatable bonds is 10. The van der Waals surface area contributed by atoms with Crippen LogP contribution in [0, 0.1) is 35.5 Å². The average molecular weight is 379 g/mol. The first-order chi connectivity index (χ1) is 12.9. The quantitative estimate of drug-likeness (QED) is 0.455. The summed E-state index contributed by atoms with van der Waals surface area (Å²) in [5, 5.41) is 0. The molecule has 2 fully saturated rings. The molecule has 8 unspecified atom stereocenters. The van der Waals surface area contributed by atoms with Crippen LogP contribution in [0.4, 0.5) is 0 Å². The minimum Gasteiger partial charge on any atom is -0.327 e. The molecule has 0 radical (unpaired) electrons. The molecule has 2 aliphatic carbocycles. The Morgan fingerprint density at radius 1 is 0.704 bits per heavy atom. The summed E-state index contributed by atoms with van der Waals surface area (Å²) in [6.07, 6.45) is 17.6. The lowest BCUT2D eigenvalue weighted by Gasteiger charge is -2.40. The molecule has 0 aliphatic heterocycles. The van der Waals surface area contributed by atoms with Gasteiger partial charge in [-0.15, -0.1) is 0 Å². The van der Waals surface area contributed by atoms with Crippen molar-refractivity contribution in [3.05, 3.63) is 0 Å². The zero-order valence-electron chi connectivity index (χ0n) is 19.0. The van der Waals surface area contributed by atoms with Crippen molar-refractivity contribution in [1.29, 1.82) is 0 Å². The van der Waals surface area contributed by atoms with Crippen LogP contribution in [-0.4, -0.2) is 12.1 Å². The van der Waals surface area contributed by atoms with Crippen molar-refractivity contribution >= 4 is 0 Å². The molecule has 2 aliphatic rings. The zero-order valence-corrected chi connectivity index (χ0v) is 19.0. The first-order valence-electron chi connectivity index (χ1n) is 12.4. The van der Waals surface area contributed by atoms with Crippen LogP contribution in [0.15, 0.2) is 0 Å². The summed E-state index contributed by atoms with van der Waals surface area (Å²) < 4.78 is 0. The molecule has 0 spiro atoms. The predicted molar refractivity (Wildman–Crippen MR) is 120 cm³/mol. The Balaban J connectivity index is 1.82. The van der Waals surface area contributed by atoms with Gasteiger partial charge in [-0.1, -0.05) is 53.4 Å². The smallest absolute Gasteiger partial charge is 0.00674 e. The van der Waals surface area contributed by atoms with E-state index < -0.39 is 0 Å². The summed E-state index contributed by atoms with van der Waals surface area (Å²) in [7, 11) is 0. The monoisotopic (exact) mass is 378 g/mol. The highest BCUT2D eigenvalue weighted by Gasteiger charge is 2.34. The molecule has 2 rings (SSSR count). The van der Waals surface area contributed by atoms with E-state index in [0.717, 1.165) is 35.5 Å². The largest absolute Gasteiger partial charge is 0.327 e. The van der Waals surface area contributed by atoms with E-state index in [0.29, 0.717) is 12.1 Å². The minimum absolute atomic E-state index is 0.461. The maximum absolute atomic E-state index is 6.53. The number of hydrogen-bond acceptors (Lipinski definition) is 2. The Morgan fingerprint density at radius 3 is 1.48 bits per heavy atom. The van der Waals surface area contributed by atoms with Gasteiger partial charge in [0, 0.05) is 12.1 Å². The third-order valence-electron chi connectivity index (χ3n) is 7.94. The second kappa shape index (κ2) is 11.8. The average Bonchev–Trinajstić information content (AvgIpc) is 2.61. The molecule has 2 saturated carbocycles. The van der Waals surface area contributed by atoms with E-state index >= 15 is 0 Å². The first kappa shape index (κ1) is 23.2. The van der Waals surface area contributed by atoms with Gasteiger partial charge in [0.2, 0.25) is 0 Å². The molecule has 0 aromatic heterocycles. The molecule has 0 aromatic carbocycles. The van der Waals surface area contributed by atoms with Gasteiger partial charge in [0.25, 0.3) is 0 Å². The highest BCUT2D eigenvalue weighted by Crippen LogP contribution is 2.41. The summed E-state index contributed by atoms with van der Waals surface area (Å²) in [4.78, 5) is 0. The van der Waals surface area contributed by atoms with Gasteiger partial charge in [0.15, 0.2) is 0 Å². The minimum atomic E-state index is 0.461. The van der Waals surface area contributed by atoms with Crippen LogP contribution >= 0.6 is 0 Å². The fourth-order valence-corrected chi connectivity index (χ4v) is 6.47. The molecule has 8 atom stereocenters. The van der Waals surface area contributed by atoms with Gasteiger partial charge in [-0.25, -0.2) is 0 Å². The van der Waals surface area contributed by atoms with E-state index in [4.69, 9.17) is 11.5 Å². The summed E-state index contributed by atoms with van der Waals surface area (Å²) in [6.45, 7) is 9.49. The van der Waals surface area contributed by atoms with Crippen LogP contribution < -0.4 is 11.5 Å². The molecule has 27 heavy (non-hydrogen) atoms. The van der Waals surface area contributed by atoms with Gasteiger partial charge in [-0.2, -0.15) is 0 Å². The number of nitrogens with two attached hydrogens (primary N) is 2. The Bertz CT molecular complexity index is 360. The Hall–Kier alpha value is -0.0800. The third-order valence-corrected chi connectivity index (χ3v) is 7.94. The fraction of sp³-hybridized carbons (Fsp3) is 1.00. The van der Waals surface area contributed by atoms with Crippen molar-refractivity contribution in [2.24, 2.45) is 47.0 Å². The molecule has 0 heterocycles. The van der Waals surface area contributed by atoms with Crippen molar-refractivity contribution in [3.63, 3.8) is 0 Å². The van der Waals surface area contributed by atoms with E-state index in [-0.39, 0.29) is 0 Å². The van der Waals surface area contributed by atoms with Crippen LogP contribution in [-0.2, 0) is 0 Å². The first-order valence-corrected chi connectivity index (χ1v) is 12.4. The van der Waals surface area contributed by atoms with Crippen LogP contribution in [0.2, 0.25) is 0 Å². The maximum Gasteiger partial charge on any atom is 0.00674 e. The molecule has 2 heteroatoms. The van der Waals surface area contributed by atoms with Crippen LogP contribution in [0.25, 0.3) is 0 Å². The predicted octanol–water partition coefficient (Wildman–Crippen LogP) is 6.52.